The molecular formula is C25H24N2O5S. The second-order valence-electron chi connectivity index (χ2n) is 7.86. The monoisotopic (exact) mass is 464 g/mol. The minimum absolute atomic E-state index is 0.248. The molecule has 0 bridgehead atoms. The molecular weight excluding hydrogens is 440 g/mol. The highest BCUT2D eigenvalue weighted by Crippen LogP contribution is 2.33. The first kappa shape index (κ1) is 22.5. The molecule has 0 aliphatic carbocycles. The number of carbonyl (C=O) groups excluding carboxylic acids is 2. The molecule has 0 unspecified atom stereocenters. The fourth-order valence-corrected chi connectivity index (χ4v) is 5.34. The van der Waals surface area contributed by atoms with Crippen LogP contribution in [0.5, 0.6) is 0 Å². The topological polar surface area (TPSA) is 92.8 Å². The van der Waals surface area contributed by atoms with Crippen molar-refractivity contribution >= 4 is 33.3 Å². The third kappa shape index (κ3) is 4.61. The maximum atomic E-state index is 13.2. The first-order chi connectivity index (χ1) is 15.8. The molecule has 0 fully saturated rings. The Morgan fingerprint density at radius 3 is 2.27 bits per heavy atom. The standard InChI is InChI=1S/C25H24N2O5S/c1-17-5-12-22(13-6-17)33(30,31)27-15-3-4-19-16-20(9-14-23(19)27)24(28)26-21-10-7-18(8-11-21)25(29)32-2/h5-14,16H,3-4,15H2,1-2H3,(H,26,28). The van der Waals surface area contributed by atoms with Gasteiger partial charge in [0.05, 0.1) is 23.3 Å². The van der Waals surface area contributed by atoms with Crippen molar-refractivity contribution in [3.8, 4) is 0 Å². The Balaban J connectivity index is 1.56. The molecule has 3 aromatic carbocycles. The summed E-state index contributed by atoms with van der Waals surface area (Å²) in [6, 6.07) is 18.2. The van der Waals surface area contributed by atoms with Crippen molar-refractivity contribution in [3.63, 3.8) is 0 Å². The molecule has 1 amide bonds. The number of methoxy groups -OCH3 is 1. The van der Waals surface area contributed by atoms with E-state index in [9.17, 15) is 18.0 Å². The Bertz CT molecular complexity index is 1300. The van der Waals surface area contributed by atoms with E-state index in [2.05, 4.69) is 10.1 Å². The van der Waals surface area contributed by atoms with E-state index in [0.717, 1.165) is 11.1 Å². The number of rotatable bonds is 5. The van der Waals surface area contributed by atoms with Gasteiger partial charge in [0.1, 0.15) is 0 Å². The molecule has 8 heteroatoms. The van der Waals surface area contributed by atoms with Crippen molar-refractivity contribution in [2.75, 3.05) is 23.3 Å². The fraction of sp³-hybridized carbons (Fsp3) is 0.200. The van der Waals surface area contributed by atoms with Crippen LogP contribution in [0.3, 0.4) is 0 Å². The Hall–Kier alpha value is -3.65. The summed E-state index contributed by atoms with van der Waals surface area (Å²) in [4.78, 5) is 24.6. The van der Waals surface area contributed by atoms with E-state index in [1.165, 1.54) is 11.4 Å². The van der Waals surface area contributed by atoms with Gasteiger partial charge >= 0.3 is 5.97 Å². The molecule has 0 spiro atoms. The van der Waals surface area contributed by atoms with Crippen molar-refractivity contribution in [2.45, 2.75) is 24.7 Å². The number of hydrogen-bond acceptors (Lipinski definition) is 5. The van der Waals surface area contributed by atoms with E-state index in [-0.39, 0.29) is 10.8 Å². The maximum absolute atomic E-state index is 13.2. The molecule has 0 atom stereocenters. The zero-order valence-electron chi connectivity index (χ0n) is 18.4. The van der Waals surface area contributed by atoms with Gasteiger partial charge in [-0.15, -0.1) is 0 Å². The van der Waals surface area contributed by atoms with Crippen LogP contribution in [-0.2, 0) is 21.2 Å². The van der Waals surface area contributed by atoms with Crippen molar-refractivity contribution in [2.24, 2.45) is 0 Å². The molecule has 1 aliphatic rings. The van der Waals surface area contributed by atoms with Gasteiger partial charge in [0.2, 0.25) is 0 Å². The van der Waals surface area contributed by atoms with Crippen LogP contribution < -0.4 is 9.62 Å². The van der Waals surface area contributed by atoms with E-state index < -0.39 is 16.0 Å². The van der Waals surface area contributed by atoms with Crippen LogP contribution in [0.1, 0.15) is 38.3 Å². The van der Waals surface area contributed by atoms with Gasteiger partial charge in [-0.2, -0.15) is 0 Å². The van der Waals surface area contributed by atoms with Crippen molar-refractivity contribution in [1.82, 2.24) is 0 Å². The molecule has 3 aromatic rings. The number of benzene rings is 3. The van der Waals surface area contributed by atoms with E-state index in [1.54, 1.807) is 66.7 Å². The number of ether oxygens (including phenoxy) is 1. The molecule has 1 heterocycles. The van der Waals surface area contributed by atoms with Gasteiger partial charge in [-0.3, -0.25) is 9.10 Å². The molecule has 4 rings (SSSR count). The molecule has 33 heavy (non-hydrogen) atoms. The third-order valence-electron chi connectivity index (χ3n) is 5.59. The summed E-state index contributed by atoms with van der Waals surface area (Å²) in [6.07, 6.45) is 1.35. The predicted octanol–water partition coefficient (Wildman–Crippen LogP) is 4.18. The summed E-state index contributed by atoms with van der Waals surface area (Å²) in [7, 11) is -2.39. The number of anilines is 2. The molecule has 0 radical (unpaired) electrons. The first-order valence-corrected chi connectivity index (χ1v) is 12.0. The molecule has 1 aliphatic heterocycles. The second-order valence-corrected chi connectivity index (χ2v) is 9.72. The number of fused-ring (bicyclic) bond motifs is 1. The first-order valence-electron chi connectivity index (χ1n) is 10.5. The smallest absolute Gasteiger partial charge is 0.337 e. The highest BCUT2D eigenvalue weighted by atomic mass is 32.2. The molecule has 7 nitrogen and oxygen atoms in total. The molecule has 1 N–H and O–H groups in total. The highest BCUT2D eigenvalue weighted by Gasteiger charge is 2.29. The van der Waals surface area contributed by atoms with Crippen LogP contribution in [0, 0.1) is 6.92 Å². The quantitative estimate of drug-likeness (QED) is 0.572. The SMILES string of the molecule is COC(=O)c1ccc(NC(=O)c2ccc3c(c2)CCCN3S(=O)(=O)c2ccc(C)cc2)cc1. The van der Waals surface area contributed by atoms with Crippen molar-refractivity contribution < 1.29 is 22.7 Å². The number of aryl methyl sites for hydroxylation is 2. The van der Waals surface area contributed by atoms with Gasteiger partial charge < -0.3 is 10.1 Å². The molecule has 0 aromatic heterocycles. The second kappa shape index (κ2) is 9.07. The molecule has 0 saturated heterocycles. The Morgan fingerprint density at radius 2 is 1.61 bits per heavy atom. The average molecular weight is 465 g/mol. The Labute approximate surface area is 193 Å². The van der Waals surface area contributed by atoms with Gasteiger partial charge in [-0.1, -0.05) is 17.7 Å². The van der Waals surface area contributed by atoms with Crippen LogP contribution in [-0.4, -0.2) is 33.9 Å². The predicted molar refractivity (Wildman–Crippen MR) is 126 cm³/mol. The fourth-order valence-electron chi connectivity index (χ4n) is 3.80. The van der Waals surface area contributed by atoms with Crippen LogP contribution in [0.15, 0.2) is 71.6 Å². The number of carbonyl (C=O) groups is 2. The van der Waals surface area contributed by atoms with Crippen molar-refractivity contribution in [1.29, 1.82) is 0 Å². The molecule has 170 valence electrons. The maximum Gasteiger partial charge on any atom is 0.337 e. The number of esters is 1. The number of hydrogen-bond donors (Lipinski definition) is 1. The van der Waals surface area contributed by atoms with Gasteiger partial charge in [0.15, 0.2) is 0 Å². The number of sulfonamides is 1. The number of amides is 1. The van der Waals surface area contributed by atoms with Crippen LogP contribution >= 0.6 is 0 Å². The number of nitrogens with one attached hydrogen (secondary N) is 1. The van der Waals surface area contributed by atoms with Gasteiger partial charge in [-0.25, -0.2) is 13.2 Å². The highest BCUT2D eigenvalue weighted by molar-refractivity contribution is 7.92. The van der Waals surface area contributed by atoms with Crippen molar-refractivity contribution in [3.05, 3.63) is 89.0 Å². The zero-order chi connectivity index (χ0) is 23.6. The van der Waals surface area contributed by atoms with Crippen LogP contribution in [0.4, 0.5) is 11.4 Å². The lowest BCUT2D eigenvalue weighted by molar-refractivity contribution is 0.0600. The summed E-state index contributed by atoms with van der Waals surface area (Å²) in [5.41, 5.74) is 3.75. The lowest BCUT2D eigenvalue weighted by Crippen LogP contribution is -2.35. The summed E-state index contributed by atoms with van der Waals surface area (Å²) < 4.78 is 32.6. The van der Waals surface area contributed by atoms with Gasteiger partial charge in [0.25, 0.3) is 15.9 Å². The van der Waals surface area contributed by atoms with E-state index in [1.807, 2.05) is 6.92 Å². The van der Waals surface area contributed by atoms with E-state index in [4.69, 9.17) is 0 Å². The third-order valence-corrected chi connectivity index (χ3v) is 7.42. The Morgan fingerprint density at radius 1 is 0.939 bits per heavy atom. The van der Waals surface area contributed by atoms with Crippen LogP contribution in [0.2, 0.25) is 0 Å². The van der Waals surface area contributed by atoms with E-state index >= 15 is 0 Å². The zero-order valence-corrected chi connectivity index (χ0v) is 19.2. The Kier molecular flexibility index (Phi) is 6.20. The minimum atomic E-state index is -3.69. The summed E-state index contributed by atoms with van der Waals surface area (Å²) in [6.45, 7) is 2.30. The summed E-state index contributed by atoms with van der Waals surface area (Å²) >= 11 is 0. The summed E-state index contributed by atoms with van der Waals surface area (Å²) in [5, 5.41) is 2.80. The lowest BCUT2D eigenvalue weighted by Gasteiger charge is -2.30. The largest absolute Gasteiger partial charge is 0.465 e. The lowest BCUT2D eigenvalue weighted by atomic mass is 10.0. The minimum Gasteiger partial charge on any atom is -0.465 e. The number of nitrogens with zero attached hydrogens (tertiary/aromatic N) is 1. The van der Waals surface area contributed by atoms with Gasteiger partial charge in [0, 0.05) is 17.8 Å². The van der Waals surface area contributed by atoms with Gasteiger partial charge in [-0.05, 0) is 79.9 Å². The molecule has 0 saturated carbocycles. The average Bonchev–Trinajstić information content (AvgIpc) is 2.83. The van der Waals surface area contributed by atoms with Crippen LogP contribution in [0.25, 0.3) is 0 Å². The van der Waals surface area contributed by atoms with E-state index in [0.29, 0.717) is 41.9 Å². The normalized spacial score (nSPS) is 13.2. The summed E-state index contributed by atoms with van der Waals surface area (Å²) in [5.74, 6) is -0.769.